The van der Waals surface area contributed by atoms with Gasteiger partial charge in [-0.2, -0.15) is 5.10 Å². The van der Waals surface area contributed by atoms with Gasteiger partial charge in [-0.25, -0.2) is 0 Å². The lowest BCUT2D eigenvalue weighted by atomic mass is 10.0. The van der Waals surface area contributed by atoms with Crippen LogP contribution in [0.4, 0.5) is 0 Å². The average molecular weight is 280 g/mol. The van der Waals surface area contributed by atoms with Gasteiger partial charge in [-0.15, -0.1) is 0 Å². The van der Waals surface area contributed by atoms with Gasteiger partial charge in [-0.05, 0) is 33.1 Å². The van der Waals surface area contributed by atoms with Gasteiger partial charge in [0.15, 0.2) is 0 Å². The van der Waals surface area contributed by atoms with E-state index >= 15 is 0 Å². The van der Waals surface area contributed by atoms with Crippen molar-refractivity contribution in [2.45, 2.75) is 52.6 Å². The van der Waals surface area contributed by atoms with Crippen molar-refractivity contribution in [2.24, 2.45) is 11.7 Å². The van der Waals surface area contributed by atoms with Gasteiger partial charge < -0.3 is 10.6 Å². The standard InChI is InChI=1S/C15H28N4O/c1-11(2)13(16)7-8-18(6)14(20)12-9-17-19(10-12)15(3,4)5/h9-11,13H,7-8,16H2,1-6H3. The molecule has 0 aliphatic rings. The van der Waals surface area contributed by atoms with Gasteiger partial charge in [-0.1, -0.05) is 13.8 Å². The number of hydrogen-bond donors (Lipinski definition) is 1. The summed E-state index contributed by atoms with van der Waals surface area (Å²) >= 11 is 0. The van der Waals surface area contributed by atoms with Gasteiger partial charge in [0.05, 0.1) is 17.3 Å². The molecule has 1 aromatic heterocycles. The Balaban J connectivity index is 2.63. The first-order chi connectivity index (χ1) is 9.12. The SMILES string of the molecule is CC(C)C(N)CCN(C)C(=O)c1cnn(C(C)(C)C)c1. The van der Waals surface area contributed by atoms with E-state index in [-0.39, 0.29) is 17.5 Å². The second-order valence-electron chi connectivity index (χ2n) is 6.77. The van der Waals surface area contributed by atoms with Gasteiger partial charge in [0.25, 0.3) is 5.91 Å². The van der Waals surface area contributed by atoms with Crippen molar-refractivity contribution < 1.29 is 4.79 Å². The van der Waals surface area contributed by atoms with Crippen LogP contribution in [0, 0.1) is 5.92 Å². The van der Waals surface area contributed by atoms with Gasteiger partial charge in [-0.3, -0.25) is 9.48 Å². The van der Waals surface area contributed by atoms with Crippen LogP contribution >= 0.6 is 0 Å². The number of amides is 1. The van der Waals surface area contributed by atoms with Gasteiger partial charge in [0.1, 0.15) is 0 Å². The van der Waals surface area contributed by atoms with Crippen molar-refractivity contribution in [3.05, 3.63) is 18.0 Å². The Morgan fingerprint density at radius 2 is 2.05 bits per heavy atom. The number of hydrogen-bond acceptors (Lipinski definition) is 3. The molecule has 0 bridgehead atoms. The van der Waals surface area contributed by atoms with Crippen LogP contribution in [0.3, 0.4) is 0 Å². The third-order valence-electron chi connectivity index (χ3n) is 3.52. The molecule has 2 N–H and O–H groups in total. The van der Waals surface area contributed by atoms with Gasteiger partial charge >= 0.3 is 0 Å². The summed E-state index contributed by atoms with van der Waals surface area (Å²) in [6, 6.07) is 0.127. The lowest BCUT2D eigenvalue weighted by molar-refractivity contribution is 0.0789. The summed E-state index contributed by atoms with van der Waals surface area (Å²) in [6.07, 6.45) is 4.25. The Morgan fingerprint density at radius 1 is 1.45 bits per heavy atom. The molecule has 1 aromatic rings. The predicted octanol–water partition coefficient (Wildman–Crippen LogP) is 2.08. The van der Waals surface area contributed by atoms with Crippen LogP contribution in [0.5, 0.6) is 0 Å². The van der Waals surface area contributed by atoms with Crippen molar-refractivity contribution >= 4 is 5.91 Å². The lowest BCUT2D eigenvalue weighted by Gasteiger charge is -2.21. The number of rotatable bonds is 5. The summed E-state index contributed by atoms with van der Waals surface area (Å²) in [5.74, 6) is 0.429. The monoisotopic (exact) mass is 280 g/mol. The molecule has 0 spiro atoms. The molecule has 1 unspecified atom stereocenters. The topological polar surface area (TPSA) is 64.2 Å². The highest BCUT2D eigenvalue weighted by atomic mass is 16.2. The van der Waals surface area contributed by atoms with E-state index in [0.29, 0.717) is 18.0 Å². The summed E-state index contributed by atoms with van der Waals surface area (Å²) in [7, 11) is 1.81. The molecule has 0 radical (unpaired) electrons. The van der Waals surface area contributed by atoms with E-state index < -0.39 is 0 Å². The highest BCUT2D eigenvalue weighted by Crippen LogP contribution is 2.14. The van der Waals surface area contributed by atoms with E-state index in [4.69, 9.17) is 5.73 Å². The van der Waals surface area contributed by atoms with Crippen molar-refractivity contribution in [1.29, 1.82) is 0 Å². The van der Waals surface area contributed by atoms with Crippen molar-refractivity contribution in [2.75, 3.05) is 13.6 Å². The second-order valence-corrected chi connectivity index (χ2v) is 6.77. The predicted molar refractivity (Wildman–Crippen MR) is 81.6 cm³/mol. The quantitative estimate of drug-likeness (QED) is 0.898. The number of carbonyl (C=O) groups excluding carboxylic acids is 1. The lowest BCUT2D eigenvalue weighted by Crippen LogP contribution is -2.34. The maximum absolute atomic E-state index is 12.3. The minimum atomic E-state index is -0.114. The average Bonchev–Trinajstić information content (AvgIpc) is 2.83. The van der Waals surface area contributed by atoms with Crippen LogP contribution in [-0.2, 0) is 5.54 Å². The number of aromatic nitrogens is 2. The fourth-order valence-corrected chi connectivity index (χ4v) is 1.80. The van der Waals surface area contributed by atoms with Crippen LogP contribution in [0.2, 0.25) is 0 Å². The Kier molecular flexibility index (Phi) is 5.34. The van der Waals surface area contributed by atoms with Crippen LogP contribution < -0.4 is 5.73 Å². The first-order valence-electron chi connectivity index (χ1n) is 7.19. The molecule has 5 heteroatoms. The van der Waals surface area contributed by atoms with Crippen LogP contribution in [0.15, 0.2) is 12.4 Å². The maximum Gasteiger partial charge on any atom is 0.256 e. The van der Waals surface area contributed by atoms with Crippen molar-refractivity contribution in [1.82, 2.24) is 14.7 Å². The molecule has 0 aromatic carbocycles. The summed E-state index contributed by atoms with van der Waals surface area (Å²) in [5, 5.41) is 4.26. The van der Waals surface area contributed by atoms with E-state index in [2.05, 4.69) is 39.7 Å². The number of nitrogens with zero attached hydrogens (tertiary/aromatic N) is 3. The molecule has 0 saturated carbocycles. The maximum atomic E-state index is 12.3. The second kappa shape index (κ2) is 6.39. The molecule has 0 fully saturated rings. The molecule has 0 saturated heterocycles. The Hall–Kier alpha value is -1.36. The first-order valence-corrected chi connectivity index (χ1v) is 7.19. The van der Waals surface area contributed by atoms with E-state index in [0.717, 1.165) is 6.42 Å². The first kappa shape index (κ1) is 16.7. The fraction of sp³-hybridized carbons (Fsp3) is 0.733. The zero-order valence-corrected chi connectivity index (χ0v) is 13.6. The highest BCUT2D eigenvalue weighted by Gasteiger charge is 2.19. The van der Waals surface area contributed by atoms with Gasteiger partial charge in [0, 0.05) is 25.8 Å². The largest absolute Gasteiger partial charge is 0.342 e. The summed E-state index contributed by atoms with van der Waals surface area (Å²) in [5.41, 5.74) is 6.52. The van der Waals surface area contributed by atoms with E-state index in [1.54, 1.807) is 17.3 Å². The zero-order valence-electron chi connectivity index (χ0n) is 13.6. The molecule has 1 amide bonds. The molecular formula is C15H28N4O. The third kappa shape index (κ3) is 4.34. The minimum Gasteiger partial charge on any atom is -0.342 e. The molecule has 1 rings (SSSR count). The van der Waals surface area contributed by atoms with Crippen molar-refractivity contribution in [3.63, 3.8) is 0 Å². The molecule has 5 nitrogen and oxygen atoms in total. The molecule has 1 atom stereocenters. The van der Waals surface area contributed by atoms with Crippen LogP contribution in [-0.4, -0.2) is 40.2 Å². The number of carbonyl (C=O) groups is 1. The number of nitrogens with two attached hydrogens (primary N) is 1. The molecule has 20 heavy (non-hydrogen) atoms. The van der Waals surface area contributed by atoms with Crippen LogP contribution in [0.25, 0.3) is 0 Å². The summed E-state index contributed by atoms with van der Waals surface area (Å²) < 4.78 is 1.81. The zero-order chi connectivity index (χ0) is 15.5. The molecule has 0 aliphatic carbocycles. The van der Waals surface area contributed by atoms with Crippen LogP contribution in [0.1, 0.15) is 51.4 Å². The van der Waals surface area contributed by atoms with E-state index in [9.17, 15) is 4.79 Å². The fourth-order valence-electron chi connectivity index (χ4n) is 1.80. The molecule has 114 valence electrons. The van der Waals surface area contributed by atoms with E-state index in [1.165, 1.54) is 0 Å². The third-order valence-corrected chi connectivity index (χ3v) is 3.52. The summed E-state index contributed by atoms with van der Waals surface area (Å²) in [6.45, 7) is 11.0. The Morgan fingerprint density at radius 3 is 2.50 bits per heavy atom. The summed E-state index contributed by atoms with van der Waals surface area (Å²) in [4.78, 5) is 14.0. The molecule has 1 heterocycles. The molecular weight excluding hydrogens is 252 g/mol. The normalized spacial score (nSPS) is 13.6. The molecule has 0 aliphatic heterocycles. The highest BCUT2D eigenvalue weighted by molar-refractivity contribution is 5.93. The Bertz CT molecular complexity index is 445. The van der Waals surface area contributed by atoms with Crippen molar-refractivity contribution in [3.8, 4) is 0 Å². The van der Waals surface area contributed by atoms with Gasteiger partial charge in [0.2, 0.25) is 0 Å². The minimum absolute atomic E-state index is 0.00328. The van der Waals surface area contributed by atoms with E-state index in [1.807, 2.05) is 11.7 Å². The smallest absolute Gasteiger partial charge is 0.256 e. The Labute approximate surface area is 122 Å².